The molecule has 1 fully saturated rings. The van der Waals surface area contributed by atoms with Gasteiger partial charge in [0.2, 0.25) is 5.91 Å². The summed E-state index contributed by atoms with van der Waals surface area (Å²) in [6.07, 6.45) is 2.02. The van der Waals surface area contributed by atoms with E-state index >= 15 is 0 Å². The van der Waals surface area contributed by atoms with Gasteiger partial charge in [0.25, 0.3) is 5.56 Å². The van der Waals surface area contributed by atoms with E-state index in [0.717, 1.165) is 19.4 Å². The molecule has 0 aromatic carbocycles. The van der Waals surface area contributed by atoms with Crippen molar-refractivity contribution < 1.29 is 4.79 Å². The average molecular weight is 329 g/mol. The van der Waals surface area contributed by atoms with Gasteiger partial charge in [0.15, 0.2) is 0 Å². The molecule has 6 nitrogen and oxygen atoms in total. The molecule has 2 rings (SSSR count). The lowest BCUT2D eigenvalue weighted by molar-refractivity contribution is -0.134. The standard InChI is InChI=1S/C15H24N4O2.ClH/c1-9-4-5-19(12(6-9)8-16)14(20)7-13-10(2)17-11(3)18-15(13)21;/h9,12H,4-8,16H2,1-3H3,(H,17,18,21);1H. The largest absolute Gasteiger partial charge is 0.338 e. The third-order valence-electron chi connectivity index (χ3n) is 4.24. The number of nitrogens with zero attached hydrogens (tertiary/aromatic N) is 2. The van der Waals surface area contributed by atoms with Crippen LogP contribution in [0, 0.1) is 19.8 Å². The maximum Gasteiger partial charge on any atom is 0.254 e. The number of hydrogen-bond acceptors (Lipinski definition) is 4. The summed E-state index contributed by atoms with van der Waals surface area (Å²) in [5.74, 6) is 1.13. The van der Waals surface area contributed by atoms with Gasteiger partial charge in [0, 0.05) is 30.4 Å². The van der Waals surface area contributed by atoms with Gasteiger partial charge in [-0.3, -0.25) is 9.59 Å². The molecule has 0 bridgehead atoms. The molecule has 0 aliphatic carbocycles. The molecule has 1 aliphatic heterocycles. The van der Waals surface area contributed by atoms with Crippen LogP contribution in [0.5, 0.6) is 0 Å². The van der Waals surface area contributed by atoms with E-state index in [-0.39, 0.29) is 36.3 Å². The van der Waals surface area contributed by atoms with Gasteiger partial charge in [-0.15, -0.1) is 12.4 Å². The maximum absolute atomic E-state index is 12.5. The normalized spacial score (nSPS) is 21.4. The Hall–Kier alpha value is -1.40. The Morgan fingerprint density at radius 1 is 1.45 bits per heavy atom. The Morgan fingerprint density at radius 3 is 2.73 bits per heavy atom. The first-order valence-electron chi connectivity index (χ1n) is 7.48. The maximum atomic E-state index is 12.5. The summed E-state index contributed by atoms with van der Waals surface area (Å²) >= 11 is 0. The van der Waals surface area contributed by atoms with Crippen molar-refractivity contribution in [3.8, 4) is 0 Å². The summed E-state index contributed by atoms with van der Waals surface area (Å²) in [7, 11) is 0. The number of carbonyl (C=O) groups is 1. The third-order valence-corrected chi connectivity index (χ3v) is 4.24. The van der Waals surface area contributed by atoms with Crippen LogP contribution in [0.25, 0.3) is 0 Å². The Balaban J connectivity index is 0.00000242. The Bertz CT molecular complexity index is 587. The fourth-order valence-electron chi connectivity index (χ4n) is 3.02. The predicted octanol–water partition coefficient (Wildman–Crippen LogP) is 0.937. The van der Waals surface area contributed by atoms with Gasteiger partial charge < -0.3 is 15.6 Å². The third kappa shape index (κ3) is 4.08. The van der Waals surface area contributed by atoms with Crippen molar-refractivity contribution in [2.24, 2.45) is 11.7 Å². The summed E-state index contributed by atoms with van der Waals surface area (Å²) in [5.41, 5.74) is 6.66. The van der Waals surface area contributed by atoms with Gasteiger partial charge in [-0.25, -0.2) is 4.98 Å². The van der Waals surface area contributed by atoms with Crippen molar-refractivity contribution in [2.75, 3.05) is 13.1 Å². The lowest BCUT2D eigenvalue weighted by atomic mass is 9.92. The number of nitrogens with two attached hydrogens (primary N) is 1. The molecule has 1 aromatic rings. The van der Waals surface area contributed by atoms with Crippen LogP contribution in [0.1, 0.15) is 36.8 Å². The molecule has 22 heavy (non-hydrogen) atoms. The van der Waals surface area contributed by atoms with Crippen LogP contribution in [0.2, 0.25) is 0 Å². The molecule has 1 saturated heterocycles. The van der Waals surface area contributed by atoms with Crippen LogP contribution >= 0.6 is 12.4 Å². The Morgan fingerprint density at radius 2 is 2.14 bits per heavy atom. The predicted molar refractivity (Wildman–Crippen MR) is 88.2 cm³/mol. The Labute approximate surface area is 136 Å². The van der Waals surface area contributed by atoms with Crippen LogP contribution < -0.4 is 11.3 Å². The minimum atomic E-state index is -0.219. The molecule has 1 amide bonds. The van der Waals surface area contributed by atoms with E-state index in [1.807, 2.05) is 4.90 Å². The number of aromatic amines is 1. The van der Waals surface area contributed by atoms with Crippen molar-refractivity contribution in [2.45, 2.75) is 46.1 Å². The molecule has 2 heterocycles. The highest BCUT2D eigenvalue weighted by atomic mass is 35.5. The van der Waals surface area contributed by atoms with Gasteiger partial charge >= 0.3 is 0 Å². The van der Waals surface area contributed by atoms with Gasteiger partial charge in [-0.1, -0.05) is 6.92 Å². The van der Waals surface area contributed by atoms with E-state index in [4.69, 9.17) is 5.73 Å². The number of carbonyl (C=O) groups excluding carboxylic acids is 1. The minimum Gasteiger partial charge on any atom is -0.338 e. The number of aromatic nitrogens is 2. The number of aryl methyl sites for hydroxylation is 2. The molecule has 3 N–H and O–H groups in total. The zero-order chi connectivity index (χ0) is 15.6. The van der Waals surface area contributed by atoms with Crippen molar-refractivity contribution in [3.05, 3.63) is 27.4 Å². The highest BCUT2D eigenvalue weighted by molar-refractivity contribution is 5.85. The van der Waals surface area contributed by atoms with Gasteiger partial charge in [-0.2, -0.15) is 0 Å². The van der Waals surface area contributed by atoms with Crippen LogP contribution in [0.3, 0.4) is 0 Å². The highest BCUT2D eigenvalue weighted by Crippen LogP contribution is 2.22. The van der Waals surface area contributed by atoms with E-state index < -0.39 is 0 Å². The fourth-order valence-corrected chi connectivity index (χ4v) is 3.02. The molecule has 0 saturated carbocycles. The van der Waals surface area contributed by atoms with Crippen molar-refractivity contribution in [3.63, 3.8) is 0 Å². The lowest BCUT2D eigenvalue weighted by Crippen LogP contribution is -2.50. The number of likely N-dealkylation sites (tertiary alicyclic amines) is 1. The molecule has 1 aromatic heterocycles. The lowest BCUT2D eigenvalue weighted by Gasteiger charge is -2.38. The number of amides is 1. The average Bonchev–Trinajstić information content (AvgIpc) is 2.42. The summed E-state index contributed by atoms with van der Waals surface area (Å²) in [4.78, 5) is 33.2. The van der Waals surface area contributed by atoms with Crippen LogP contribution in [-0.4, -0.2) is 39.9 Å². The molecular formula is C15H25ClN4O2. The number of H-pyrrole nitrogens is 1. The molecule has 2 unspecified atom stereocenters. The number of halogens is 1. The van der Waals surface area contributed by atoms with Crippen molar-refractivity contribution >= 4 is 18.3 Å². The highest BCUT2D eigenvalue weighted by Gasteiger charge is 2.29. The molecule has 124 valence electrons. The van der Waals surface area contributed by atoms with E-state index in [9.17, 15) is 9.59 Å². The van der Waals surface area contributed by atoms with E-state index in [1.165, 1.54) is 0 Å². The molecule has 1 aliphatic rings. The molecule has 0 spiro atoms. The van der Waals surface area contributed by atoms with Crippen molar-refractivity contribution in [1.29, 1.82) is 0 Å². The van der Waals surface area contributed by atoms with Gasteiger partial charge in [0.1, 0.15) is 5.82 Å². The number of nitrogens with one attached hydrogen (secondary N) is 1. The second-order valence-electron chi connectivity index (χ2n) is 6.00. The first-order chi connectivity index (χ1) is 9.92. The Kier molecular flexibility index (Phi) is 6.56. The van der Waals surface area contributed by atoms with Gasteiger partial charge in [0.05, 0.1) is 6.42 Å². The van der Waals surface area contributed by atoms with Crippen LogP contribution in [0.4, 0.5) is 0 Å². The summed E-state index contributed by atoms with van der Waals surface area (Å²) in [6, 6.07) is 0.0824. The number of piperidine rings is 1. The van der Waals surface area contributed by atoms with E-state index in [0.29, 0.717) is 29.5 Å². The number of hydrogen-bond donors (Lipinski definition) is 2. The molecule has 7 heteroatoms. The van der Waals surface area contributed by atoms with Crippen LogP contribution in [-0.2, 0) is 11.2 Å². The number of rotatable bonds is 3. The first kappa shape index (κ1) is 18.6. The molecule has 2 atom stereocenters. The SMILES string of the molecule is Cc1nc(C)c(CC(=O)N2CCC(C)CC2CN)c(=O)[nH]1.Cl. The fraction of sp³-hybridized carbons (Fsp3) is 0.667. The second kappa shape index (κ2) is 7.74. The quantitative estimate of drug-likeness (QED) is 0.863. The summed E-state index contributed by atoms with van der Waals surface area (Å²) in [5, 5.41) is 0. The topological polar surface area (TPSA) is 92.1 Å². The zero-order valence-electron chi connectivity index (χ0n) is 13.4. The summed E-state index contributed by atoms with van der Waals surface area (Å²) in [6.45, 7) is 6.87. The minimum absolute atomic E-state index is 0. The molecular weight excluding hydrogens is 304 g/mol. The first-order valence-corrected chi connectivity index (χ1v) is 7.48. The van der Waals surface area contributed by atoms with Crippen LogP contribution in [0.15, 0.2) is 4.79 Å². The smallest absolute Gasteiger partial charge is 0.254 e. The van der Waals surface area contributed by atoms with E-state index in [1.54, 1.807) is 13.8 Å². The van der Waals surface area contributed by atoms with Crippen molar-refractivity contribution in [1.82, 2.24) is 14.9 Å². The van der Waals surface area contributed by atoms with E-state index in [2.05, 4.69) is 16.9 Å². The second-order valence-corrected chi connectivity index (χ2v) is 6.00. The monoisotopic (exact) mass is 328 g/mol. The molecule has 0 radical (unpaired) electrons. The summed E-state index contributed by atoms with van der Waals surface area (Å²) < 4.78 is 0. The van der Waals surface area contributed by atoms with Gasteiger partial charge in [-0.05, 0) is 32.6 Å². The zero-order valence-corrected chi connectivity index (χ0v) is 14.2.